The second kappa shape index (κ2) is 6.19. The third kappa shape index (κ3) is 5.88. The van der Waals surface area contributed by atoms with E-state index in [0.717, 1.165) is 0 Å². The average Bonchev–Trinajstić information content (AvgIpc) is 2.27. The Bertz CT molecular complexity index is 406. The lowest BCUT2D eigenvalue weighted by molar-refractivity contribution is -0.133. The first-order valence-corrected chi connectivity index (χ1v) is 8.35. The standard InChI is InChI=1S/C12H25N3O3S/c1-4-19(17,18)14-10-5-7-15(8-6-10)11(16)9-12(2,3)13/h10,14H,4-9,13H2,1-3H3. The van der Waals surface area contributed by atoms with Crippen molar-refractivity contribution in [2.24, 2.45) is 5.73 Å². The van der Waals surface area contributed by atoms with Gasteiger partial charge >= 0.3 is 0 Å². The van der Waals surface area contributed by atoms with E-state index in [9.17, 15) is 13.2 Å². The normalized spacial score (nSPS) is 18.6. The number of likely N-dealkylation sites (tertiary alicyclic amines) is 1. The molecule has 0 radical (unpaired) electrons. The molecule has 0 aliphatic carbocycles. The Hall–Kier alpha value is -0.660. The molecule has 0 aromatic rings. The largest absolute Gasteiger partial charge is 0.343 e. The number of carbonyl (C=O) groups is 1. The molecule has 19 heavy (non-hydrogen) atoms. The number of nitrogens with zero attached hydrogens (tertiary/aromatic N) is 1. The molecule has 1 aliphatic rings. The van der Waals surface area contributed by atoms with Gasteiger partial charge in [0.2, 0.25) is 15.9 Å². The molecule has 0 saturated carbocycles. The Kier molecular flexibility index (Phi) is 5.34. The first-order valence-electron chi connectivity index (χ1n) is 6.69. The van der Waals surface area contributed by atoms with Gasteiger partial charge in [-0.3, -0.25) is 4.79 Å². The van der Waals surface area contributed by atoms with Crippen LogP contribution in [0.3, 0.4) is 0 Å². The molecular formula is C12H25N3O3S. The third-order valence-electron chi connectivity index (χ3n) is 3.18. The van der Waals surface area contributed by atoms with E-state index < -0.39 is 15.6 Å². The molecule has 0 aromatic heterocycles. The van der Waals surface area contributed by atoms with Gasteiger partial charge in [-0.15, -0.1) is 0 Å². The molecule has 7 heteroatoms. The van der Waals surface area contributed by atoms with Crippen LogP contribution in [0.25, 0.3) is 0 Å². The lowest BCUT2D eigenvalue weighted by atomic mass is 9.99. The zero-order valence-electron chi connectivity index (χ0n) is 12.0. The molecule has 6 nitrogen and oxygen atoms in total. The van der Waals surface area contributed by atoms with Gasteiger partial charge in [-0.05, 0) is 33.6 Å². The highest BCUT2D eigenvalue weighted by atomic mass is 32.2. The minimum atomic E-state index is -3.16. The summed E-state index contributed by atoms with van der Waals surface area (Å²) in [4.78, 5) is 13.7. The number of amides is 1. The maximum atomic E-state index is 12.0. The highest BCUT2D eigenvalue weighted by molar-refractivity contribution is 7.89. The van der Waals surface area contributed by atoms with Crippen molar-refractivity contribution in [2.45, 2.75) is 51.6 Å². The van der Waals surface area contributed by atoms with Crippen LogP contribution in [0.4, 0.5) is 0 Å². The first kappa shape index (κ1) is 16.4. The van der Waals surface area contributed by atoms with Crippen molar-refractivity contribution >= 4 is 15.9 Å². The summed E-state index contributed by atoms with van der Waals surface area (Å²) in [5, 5.41) is 0. The Balaban J connectivity index is 2.43. The second-order valence-corrected chi connectivity index (χ2v) is 7.88. The summed E-state index contributed by atoms with van der Waals surface area (Å²) in [7, 11) is -3.16. The van der Waals surface area contributed by atoms with E-state index >= 15 is 0 Å². The lowest BCUT2D eigenvalue weighted by Crippen LogP contribution is -2.48. The maximum Gasteiger partial charge on any atom is 0.224 e. The molecule has 0 unspecified atom stereocenters. The number of hydrogen-bond donors (Lipinski definition) is 2. The Morgan fingerprint density at radius 1 is 1.37 bits per heavy atom. The molecule has 1 heterocycles. The van der Waals surface area contributed by atoms with Crippen molar-refractivity contribution < 1.29 is 13.2 Å². The van der Waals surface area contributed by atoms with Crippen LogP contribution in [0, 0.1) is 0 Å². The van der Waals surface area contributed by atoms with Gasteiger partial charge in [0.05, 0.1) is 5.75 Å². The van der Waals surface area contributed by atoms with Gasteiger partial charge in [0.15, 0.2) is 0 Å². The van der Waals surface area contributed by atoms with E-state index in [1.54, 1.807) is 11.8 Å². The van der Waals surface area contributed by atoms with E-state index in [2.05, 4.69) is 4.72 Å². The molecule has 0 spiro atoms. The van der Waals surface area contributed by atoms with E-state index in [1.165, 1.54) is 0 Å². The summed E-state index contributed by atoms with van der Waals surface area (Å²) in [6.07, 6.45) is 1.64. The topological polar surface area (TPSA) is 92.5 Å². The van der Waals surface area contributed by atoms with Gasteiger partial charge in [0.1, 0.15) is 0 Å². The van der Waals surface area contributed by atoms with E-state index in [0.29, 0.717) is 32.4 Å². The molecule has 3 N–H and O–H groups in total. The Morgan fingerprint density at radius 2 is 1.89 bits per heavy atom. The zero-order chi connectivity index (χ0) is 14.7. The summed E-state index contributed by atoms with van der Waals surface area (Å²) in [6.45, 7) is 6.45. The summed E-state index contributed by atoms with van der Waals surface area (Å²) in [5.41, 5.74) is 5.33. The van der Waals surface area contributed by atoms with E-state index in [4.69, 9.17) is 5.73 Å². The fraction of sp³-hybridized carbons (Fsp3) is 0.917. The number of piperidine rings is 1. The summed E-state index contributed by atoms with van der Waals surface area (Å²) in [5.74, 6) is 0.136. The van der Waals surface area contributed by atoms with Crippen LogP contribution in [-0.4, -0.2) is 49.6 Å². The smallest absolute Gasteiger partial charge is 0.224 e. The van der Waals surface area contributed by atoms with Crippen LogP contribution < -0.4 is 10.5 Å². The van der Waals surface area contributed by atoms with Gasteiger partial charge in [-0.1, -0.05) is 0 Å². The van der Waals surface area contributed by atoms with Gasteiger partial charge in [-0.2, -0.15) is 0 Å². The predicted molar refractivity (Wildman–Crippen MR) is 75.1 cm³/mol. The summed E-state index contributed by atoms with van der Waals surface area (Å²) < 4.78 is 25.6. The number of nitrogens with one attached hydrogen (secondary N) is 1. The molecule has 1 saturated heterocycles. The minimum Gasteiger partial charge on any atom is -0.343 e. The van der Waals surface area contributed by atoms with Crippen LogP contribution in [-0.2, 0) is 14.8 Å². The molecule has 112 valence electrons. The Labute approximate surface area is 115 Å². The predicted octanol–water partition coefficient (Wildman–Crippen LogP) is 0.0441. The highest BCUT2D eigenvalue weighted by Crippen LogP contribution is 2.15. The molecule has 0 atom stereocenters. The van der Waals surface area contributed by atoms with Gasteiger partial charge < -0.3 is 10.6 Å². The van der Waals surface area contributed by atoms with Crippen LogP contribution >= 0.6 is 0 Å². The van der Waals surface area contributed by atoms with Crippen molar-refractivity contribution in [1.29, 1.82) is 0 Å². The molecule has 0 bridgehead atoms. The molecular weight excluding hydrogens is 266 g/mol. The van der Waals surface area contributed by atoms with Gasteiger partial charge in [-0.25, -0.2) is 13.1 Å². The monoisotopic (exact) mass is 291 g/mol. The lowest BCUT2D eigenvalue weighted by Gasteiger charge is -2.33. The van der Waals surface area contributed by atoms with Gasteiger partial charge in [0, 0.05) is 31.1 Å². The van der Waals surface area contributed by atoms with Crippen LogP contribution in [0.2, 0.25) is 0 Å². The fourth-order valence-corrected chi connectivity index (χ4v) is 3.00. The number of sulfonamides is 1. The van der Waals surface area contributed by atoms with E-state index in [1.807, 2.05) is 13.8 Å². The van der Waals surface area contributed by atoms with Crippen molar-refractivity contribution in [2.75, 3.05) is 18.8 Å². The number of rotatable bonds is 5. The van der Waals surface area contributed by atoms with Gasteiger partial charge in [0.25, 0.3) is 0 Å². The van der Waals surface area contributed by atoms with E-state index in [-0.39, 0.29) is 17.7 Å². The van der Waals surface area contributed by atoms with Crippen LogP contribution in [0.5, 0.6) is 0 Å². The second-order valence-electron chi connectivity index (χ2n) is 5.84. The van der Waals surface area contributed by atoms with Crippen LogP contribution in [0.15, 0.2) is 0 Å². The van der Waals surface area contributed by atoms with Crippen molar-refractivity contribution in [3.63, 3.8) is 0 Å². The minimum absolute atomic E-state index is 0.0456. The molecule has 1 amide bonds. The summed E-state index contributed by atoms with van der Waals surface area (Å²) >= 11 is 0. The number of nitrogens with two attached hydrogens (primary N) is 1. The Morgan fingerprint density at radius 3 is 2.32 bits per heavy atom. The fourth-order valence-electron chi connectivity index (χ4n) is 2.09. The summed E-state index contributed by atoms with van der Waals surface area (Å²) in [6, 6.07) is -0.0557. The van der Waals surface area contributed by atoms with Crippen molar-refractivity contribution in [1.82, 2.24) is 9.62 Å². The maximum absolute atomic E-state index is 12.0. The quantitative estimate of drug-likeness (QED) is 0.748. The van der Waals surface area contributed by atoms with Crippen molar-refractivity contribution in [3.05, 3.63) is 0 Å². The number of carbonyl (C=O) groups excluding carboxylic acids is 1. The third-order valence-corrected chi connectivity index (χ3v) is 4.63. The highest BCUT2D eigenvalue weighted by Gasteiger charge is 2.27. The van der Waals surface area contributed by atoms with Crippen molar-refractivity contribution in [3.8, 4) is 0 Å². The zero-order valence-corrected chi connectivity index (χ0v) is 12.8. The van der Waals surface area contributed by atoms with Crippen LogP contribution in [0.1, 0.15) is 40.0 Å². The average molecular weight is 291 g/mol. The molecule has 0 aromatic carbocycles. The SMILES string of the molecule is CCS(=O)(=O)NC1CCN(C(=O)CC(C)(C)N)CC1. The molecule has 1 fully saturated rings. The first-order chi connectivity index (χ1) is 8.63. The number of hydrogen-bond acceptors (Lipinski definition) is 4. The molecule has 1 rings (SSSR count). The molecule has 1 aliphatic heterocycles.